The van der Waals surface area contributed by atoms with Crippen molar-refractivity contribution in [2.45, 2.75) is 57.3 Å². The number of nitrogens with zero attached hydrogens (tertiary/aromatic N) is 2. The number of carbonyl (C=O) groups excluding carboxylic acids is 1. The minimum absolute atomic E-state index is 0.00335. The third-order valence-corrected chi connectivity index (χ3v) is 4.44. The Labute approximate surface area is 149 Å². The summed E-state index contributed by atoms with van der Waals surface area (Å²) in [6, 6.07) is 5.74. The van der Waals surface area contributed by atoms with Crippen molar-refractivity contribution in [3.8, 4) is 0 Å². The van der Waals surface area contributed by atoms with Gasteiger partial charge < -0.3 is 5.11 Å². The molecule has 0 bridgehead atoms. The molecule has 0 spiro atoms. The van der Waals surface area contributed by atoms with Crippen LogP contribution in [0.25, 0.3) is 0 Å². The van der Waals surface area contributed by atoms with Crippen molar-refractivity contribution in [1.82, 2.24) is 5.01 Å². The Balaban J connectivity index is 2.28. The van der Waals surface area contributed by atoms with Gasteiger partial charge in [0, 0.05) is 12.1 Å². The van der Waals surface area contributed by atoms with Gasteiger partial charge in [-0.05, 0) is 25.0 Å². The molecule has 8 heteroatoms. The number of rotatable bonds is 6. The molecule has 1 atom stereocenters. The quantitative estimate of drug-likeness (QED) is 0.727. The molecule has 1 aliphatic heterocycles. The topological polar surface area (TPSA) is 52.9 Å². The Morgan fingerprint density at radius 2 is 2.00 bits per heavy atom. The smallest absolute Gasteiger partial charge is 0.362 e. The van der Waals surface area contributed by atoms with E-state index in [-0.39, 0.29) is 21.3 Å². The Bertz CT molecular complexity index is 664. The number of aliphatic hydroxyl groups is 1. The van der Waals surface area contributed by atoms with Crippen LogP contribution < -0.4 is 0 Å². The molecule has 0 radical (unpaired) electrons. The molecule has 0 saturated carbocycles. The van der Waals surface area contributed by atoms with Crippen LogP contribution >= 0.6 is 11.6 Å². The molecule has 0 aliphatic carbocycles. The standard InChI is InChI=1S/C17H20ClF3N2O2/c1-2-3-4-5-8-12-11-16(25,17(19,20)21)23(22-12)15(24)13-9-6-7-10-14(13)18/h6-7,9-10,25H,2-5,8,11H2,1H3/t16-/m1/s1. The average Bonchev–Trinajstić information content (AvgIpc) is 2.89. The number of hydrogen-bond acceptors (Lipinski definition) is 3. The van der Waals surface area contributed by atoms with Gasteiger partial charge in [0.25, 0.3) is 11.6 Å². The summed E-state index contributed by atoms with van der Waals surface area (Å²) >= 11 is 5.90. The first kappa shape index (κ1) is 19.7. The maximum Gasteiger partial charge on any atom is 0.438 e. The van der Waals surface area contributed by atoms with Crippen molar-refractivity contribution in [1.29, 1.82) is 0 Å². The van der Waals surface area contributed by atoms with Gasteiger partial charge in [0.1, 0.15) is 0 Å². The van der Waals surface area contributed by atoms with E-state index in [0.29, 0.717) is 12.8 Å². The maximum absolute atomic E-state index is 13.4. The molecule has 0 saturated heterocycles. The highest BCUT2D eigenvalue weighted by Crippen LogP contribution is 2.42. The van der Waals surface area contributed by atoms with E-state index in [9.17, 15) is 23.1 Å². The van der Waals surface area contributed by atoms with Gasteiger partial charge in [0.05, 0.1) is 10.6 Å². The first-order valence-electron chi connectivity index (χ1n) is 8.15. The lowest BCUT2D eigenvalue weighted by atomic mass is 10.0. The summed E-state index contributed by atoms with van der Waals surface area (Å²) in [6.45, 7) is 2.03. The van der Waals surface area contributed by atoms with E-state index in [1.165, 1.54) is 18.2 Å². The molecular formula is C17H20ClF3N2O2. The van der Waals surface area contributed by atoms with Crippen LogP contribution in [-0.4, -0.2) is 33.6 Å². The molecule has 0 unspecified atom stereocenters. The summed E-state index contributed by atoms with van der Waals surface area (Å²) in [5, 5.41) is 14.1. The number of benzene rings is 1. The zero-order valence-electron chi connectivity index (χ0n) is 13.8. The molecule has 1 aromatic carbocycles. The molecule has 138 valence electrons. The van der Waals surface area contributed by atoms with Crippen LogP contribution in [0.3, 0.4) is 0 Å². The molecule has 1 heterocycles. The third-order valence-electron chi connectivity index (χ3n) is 4.11. The monoisotopic (exact) mass is 376 g/mol. The number of hydrogen-bond donors (Lipinski definition) is 1. The number of alkyl halides is 3. The second kappa shape index (κ2) is 7.74. The van der Waals surface area contributed by atoms with E-state index in [2.05, 4.69) is 5.10 Å². The van der Waals surface area contributed by atoms with E-state index in [4.69, 9.17) is 11.6 Å². The van der Waals surface area contributed by atoms with Crippen LogP contribution in [-0.2, 0) is 0 Å². The molecule has 1 aromatic rings. The summed E-state index contributed by atoms with van der Waals surface area (Å²) in [5.74, 6) is -1.08. The molecular weight excluding hydrogens is 357 g/mol. The fourth-order valence-electron chi connectivity index (χ4n) is 2.70. The molecule has 1 aliphatic rings. The van der Waals surface area contributed by atoms with Gasteiger partial charge in [-0.3, -0.25) is 4.79 Å². The predicted octanol–water partition coefficient (Wildman–Crippen LogP) is 4.76. The van der Waals surface area contributed by atoms with E-state index >= 15 is 0 Å². The van der Waals surface area contributed by atoms with Crippen molar-refractivity contribution in [3.63, 3.8) is 0 Å². The highest BCUT2D eigenvalue weighted by molar-refractivity contribution is 6.33. The van der Waals surface area contributed by atoms with Crippen molar-refractivity contribution in [3.05, 3.63) is 34.9 Å². The lowest BCUT2D eigenvalue weighted by molar-refractivity contribution is -0.297. The van der Waals surface area contributed by atoms with Crippen LogP contribution in [0.1, 0.15) is 55.8 Å². The van der Waals surface area contributed by atoms with Gasteiger partial charge in [-0.15, -0.1) is 0 Å². The number of unbranched alkanes of at least 4 members (excludes halogenated alkanes) is 3. The van der Waals surface area contributed by atoms with Gasteiger partial charge in [-0.1, -0.05) is 49.9 Å². The van der Waals surface area contributed by atoms with Crippen LogP contribution in [0.5, 0.6) is 0 Å². The van der Waals surface area contributed by atoms with Gasteiger partial charge in [-0.25, -0.2) is 0 Å². The molecule has 2 rings (SSSR count). The molecule has 1 N–H and O–H groups in total. The minimum Gasteiger partial charge on any atom is -0.362 e. The van der Waals surface area contributed by atoms with Gasteiger partial charge in [-0.2, -0.15) is 23.3 Å². The molecule has 1 amide bonds. The number of halogens is 4. The first-order chi connectivity index (χ1) is 11.7. The Hall–Kier alpha value is -1.60. The highest BCUT2D eigenvalue weighted by Gasteiger charge is 2.63. The molecule has 0 fully saturated rings. The SMILES string of the molecule is CCCCCCC1=NN(C(=O)c2ccccc2Cl)[C@](O)(C(F)(F)F)C1. The second-order valence-corrected chi connectivity index (χ2v) is 6.47. The fraction of sp³-hybridized carbons (Fsp3) is 0.529. The Morgan fingerprint density at radius 1 is 1.32 bits per heavy atom. The third kappa shape index (κ3) is 4.15. The van der Waals surface area contributed by atoms with Gasteiger partial charge in [0.2, 0.25) is 0 Å². The zero-order chi connectivity index (χ0) is 18.7. The number of carbonyl (C=O) groups is 1. The summed E-state index contributed by atoms with van der Waals surface area (Å²) in [7, 11) is 0. The van der Waals surface area contributed by atoms with E-state index in [1.807, 2.05) is 6.92 Å². The molecule has 0 aromatic heterocycles. The first-order valence-corrected chi connectivity index (χ1v) is 8.53. The summed E-state index contributed by atoms with van der Waals surface area (Å²) < 4.78 is 40.3. The van der Waals surface area contributed by atoms with Crippen LogP contribution in [0.2, 0.25) is 5.02 Å². The van der Waals surface area contributed by atoms with E-state index < -0.39 is 24.2 Å². The largest absolute Gasteiger partial charge is 0.438 e. The van der Waals surface area contributed by atoms with Crippen LogP contribution in [0.4, 0.5) is 13.2 Å². The maximum atomic E-state index is 13.4. The molecule has 25 heavy (non-hydrogen) atoms. The summed E-state index contributed by atoms with van der Waals surface area (Å²) in [4.78, 5) is 12.5. The van der Waals surface area contributed by atoms with Crippen LogP contribution in [0.15, 0.2) is 29.4 Å². The van der Waals surface area contributed by atoms with Crippen molar-refractivity contribution < 1.29 is 23.1 Å². The lowest BCUT2D eigenvalue weighted by Crippen LogP contribution is -2.56. The van der Waals surface area contributed by atoms with Crippen molar-refractivity contribution >= 4 is 23.2 Å². The number of hydrazone groups is 1. The Kier molecular flexibility index (Phi) is 6.11. The lowest BCUT2D eigenvalue weighted by Gasteiger charge is -2.32. The van der Waals surface area contributed by atoms with E-state index in [0.717, 1.165) is 19.3 Å². The zero-order valence-corrected chi connectivity index (χ0v) is 14.6. The predicted molar refractivity (Wildman–Crippen MR) is 89.4 cm³/mol. The highest BCUT2D eigenvalue weighted by atomic mass is 35.5. The number of amides is 1. The van der Waals surface area contributed by atoms with Gasteiger partial charge in [0.15, 0.2) is 0 Å². The second-order valence-electron chi connectivity index (χ2n) is 6.06. The van der Waals surface area contributed by atoms with E-state index in [1.54, 1.807) is 6.07 Å². The Morgan fingerprint density at radius 3 is 2.60 bits per heavy atom. The van der Waals surface area contributed by atoms with Crippen molar-refractivity contribution in [2.75, 3.05) is 0 Å². The minimum atomic E-state index is -5.03. The molecule has 4 nitrogen and oxygen atoms in total. The fourth-order valence-corrected chi connectivity index (χ4v) is 2.91. The van der Waals surface area contributed by atoms with Gasteiger partial charge >= 0.3 is 6.18 Å². The van der Waals surface area contributed by atoms with Crippen LogP contribution in [0, 0.1) is 0 Å². The van der Waals surface area contributed by atoms with Crippen molar-refractivity contribution in [2.24, 2.45) is 5.10 Å². The normalized spacial score (nSPS) is 20.7. The summed E-state index contributed by atoms with van der Waals surface area (Å²) in [6.07, 6.45) is -1.97. The average molecular weight is 377 g/mol. The summed E-state index contributed by atoms with van der Waals surface area (Å²) in [5.41, 5.74) is -3.32.